The van der Waals surface area contributed by atoms with Crippen molar-refractivity contribution in [3.8, 4) is 0 Å². The molecular formula is C12H21N5OS. The molecule has 0 spiro atoms. The Morgan fingerprint density at radius 2 is 2.11 bits per heavy atom. The Bertz CT molecular complexity index is 439. The van der Waals surface area contributed by atoms with Crippen molar-refractivity contribution in [2.75, 3.05) is 38.1 Å². The van der Waals surface area contributed by atoms with E-state index in [9.17, 15) is 4.79 Å². The van der Waals surface area contributed by atoms with E-state index < -0.39 is 0 Å². The molecule has 7 heteroatoms. The lowest BCUT2D eigenvalue weighted by atomic mass is 10.2. The van der Waals surface area contributed by atoms with Crippen LogP contribution < -0.4 is 16.2 Å². The zero-order valence-electron chi connectivity index (χ0n) is 11.5. The summed E-state index contributed by atoms with van der Waals surface area (Å²) in [6, 6.07) is 0. The number of likely N-dealkylation sites (N-methyl/N-ethyl adjacent to an activating group) is 1. The molecule has 0 aromatic carbocycles. The van der Waals surface area contributed by atoms with Crippen molar-refractivity contribution in [1.82, 2.24) is 15.3 Å². The first-order chi connectivity index (χ1) is 9.15. The van der Waals surface area contributed by atoms with Crippen molar-refractivity contribution in [3.05, 3.63) is 10.6 Å². The van der Waals surface area contributed by atoms with Crippen LogP contribution in [0.25, 0.3) is 0 Å². The fraction of sp³-hybridized carbons (Fsp3) is 0.667. The number of aryl methyl sites for hydroxylation is 1. The number of nitrogens with zero attached hydrogens (tertiary/aromatic N) is 3. The van der Waals surface area contributed by atoms with Gasteiger partial charge in [0.1, 0.15) is 4.88 Å². The molecule has 0 unspecified atom stereocenters. The first kappa shape index (κ1) is 14.2. The highest BCUT2D eigenvalue weighted by Crippen LogP contribution is 2.27. The van der Waals surface area contributed by atoms with Gasteiger partial charge in [0.2, 0.25) is 0 Å². The number of nitrogen functional groups attached to an aromatic ring is 1. The first-order valence-electron chi connectivity index (χ1n) is 6.59. The number of piperazine rings is 1. The van der Waals surface area contributed by atoms with Gasteiger partial charge in [0.15, 0.2) is 5.13 Å². The lowest BCUT2D eigenvalue weighted by Crippen LogP contribution is -2.44. The lowest BCUT2D eigenvalue weighted by Gasteiger charge is -2.32. The van der Waals surface area contributed by atoms with Crippen LogP contribution in [-0.2, 0) is 6.42 Å². The van der Waals surface area contributed by atoms with Gasteiger partial charge >= 0.3 is 0 Å². The Kier molecular flexibility index (Phi) is 4.73. The zero-order chi connectivity index (χ0) is 13.8. The number of hydrazine groups is 1. The number of rotatable bonds is 4. The van der Waals surface area contributed by atoms with E-state index in [1.165, 1.54) is 11.3 Å². The molecule has 1 aromatic heterocycles. The van der Waals surface area contributed by atoms with Crippen molar-refractivity contribution in [2.24, 2.45) is 5.84 Å². The Morgan fingerprint density at radius 3 is 2.68 bits per heavy atom. The molecule has 3 N–H and O–H groups in total. The van der Waals surface area contributed by atoms with Crippen LogP contribution in [0.5, 0.6) is 0 Å². The molecule has 0 aliphatic carbocycles. The van der Waals surface area contributed by atoms with E-state index in [4.69, 9.17) is 5.84 Å². The maximum atomic E-state index is 11.8. The van der Waals surface area contributed by atoms with Gasteiger partial charge in [0, 0.05) is 26.2 Å². The minimum Gasteiger partial charge on any atom is -0.346 e. The summed E-state index contributed by atoms with van der Waals surface area (Å²) in [4.78, 5) is 21.6. The highest BCUT2D eigenvalue weighted by Gasteiger charge is 2.22. The zero-order valence-corrected chi connectivity index (χ0v) is 12.3. The average molecular weight is 283 g/mol. The highest BCUT2D eigenvalue weighted by molar-refractivity contribution is 7.17. The molecule has 0 bridgehead atoms. The molecule has 1 aromatic rings. The third-order valence-corrected chi connectivity index (χ3v) is 4.44. The molecule has 106 valence electrons. The predicted octanol–water partition coefficient (Wildman–Crippen LogP) is 0.451. The molecule has 1 fully saturated rings. The number of carbonyl (C=O) groups excluding carboxylic acids is 1. The van der Waals surface area contributed by atoms with Crippen molar-refractivity contribution >= 4 is 22.4 Å². The number of nitrogens with two attached hydrogens (primary N) is 1. The summed E-state index contributed by atoms with van der Waals surface area (Å²) in [6.07, 6.45) is 1.78. The fourth-order valence-electron chi connectivity index (χ4n) is 2.12. The average Bonchev–Trinajstić information content (AvgIpc) is 2.83. The van der Waals surface area contributed by atoms with Crippen LogP contribution in [0.4, 0.5) is 5.13 Å². The quantitative estimate of drug-likeness (QED) is 0.477. The summed E-state index contributed by atoms with van der Waals surface area (Å²) in [5.41, 5.74) is 3.07. The summed E-state index contributed by atoms with van der Waals surface area (Å²) >= 11 is 1.44. The van der Waals surface area contributed by atoms with Gasteiger partial charge in [-0.1, -0.05) is 24.7 Å². The van der Waals surface area contributed by atoms with E-state index in [2.05, 4.69) is 34.2 Å². The van der Waals surface area contributed by atoms with E-state index in [-0.39, 0.29) is 5.91 Å². The first-order valence-corrected chi connectivity index (χ1v) is 7.41. The number of thiazole rings is 1. The van der Waals surface area contributed by atoms with Gasteiger partial charge in [-0.25, -0.2) is 10.8 Å². The van der Waals surface area contributed by atoms with Crippen molar-refractivity contribution in [1.29, 1.82) is 0 Å². The Hall–Kier alpha value is -1.18. The molecule has 19 heavy (non-hydrogen) atoms. The van der Waals surface area contributed by atoms with Gasteiger partial charge in [-0.05, 0) is 13.5 Å². The predicted molar refractivity (Wildman–Crippen MR) is 77.5 cm³/mol. The van der Waals surface area contributed by atoms with E-state index >= 15 is 0 Å². The standard InChI is InChI=1S/C12H21N5OS/c1-3-4-9-10(11(18)15-13)19-12(14-9)17-7-5-16(2)6-8-17/h3-8,13H2,1-2H3,(H,15,18). The summed E-state index contributed by atoms with van der Waals surface area (Å²) < 4.78 is 0. The summed E-state index contributed by atoms with van der Waals surface area (Å²) in [6.45, 7) is 6.06. The molecule has 6 nitrogen and oxygen atoms in total. The Morgan fingerprint density at radius 1 is 1.42 bits per heavy atom. The van der Waals surface area contributed by atoms with Gasteiger partial charge in [-0.15, -0.1) is 0 Å². The van der Waals surface area contributed by atoms with Gasteiger partial charge in [-0.2, -0.15) is 0 Å². The van der Waals surface area contributed by atoms with E-state index in [1.54, 1.807) is 0 Å². The number of hydrogen-bond acceptors (Lipinski definition) is 6. The second kappa shape index (κ2) is 6.31. The molecule has 1 aliphatic rings. The number of aromatic nitrogens is 1. The van der Waals surface area contributed by atoms with Crippen molar-refractivity contribution < 1.29 is 4.79 Å². The van der Waals surface area contributed by atoms with Crippen LogP contribution in [0, 0.1) is 0 Å². The fourth-order valence-corrected chi connectivity index (χ4v) is 3.19. The Balaban J connectivity index is 2.19. The molecule has 1 amide bonds. The van der Waals surface area contributed by atoms with E-state index in [1.807, 2.05) is 0 Å². The third kappa shape index (κ3) is 3.23. The number of amides is 1. The SMILES string of the molecule is CCCc1nc(N2CCN(C)CC2)sc1C(=O)NN. The monoisotopic (exact) mass is 283 g/mol. The van der Waals surface area contributed by atoms with E-state index in [0.717, 1.165) is 49.8 Å². The molecule has 2 rings (SSSR count). The normalized spacial score (nSPS) is 16.7. The molecule has 0 atom stereocenters. The van der Waals surface area contributed by atoms with Gasteiger partial charge in [0.25, 0.3) is 5.91 Å². The maximum Gasteiger partial charge on any atom is 0.277 e. The molecular weight excluding hydrogens is 262 g/mol. The lowest BCUT2D eigenvalue weighted by molar-refractivity contribution is 0.0956. The van der Waals surface area contributed by atoms with Gasteiger partial charge in [-0.3, -0.25) is 10.2 Å². The minimum absolute atomic E-state index is 0.235. The van der Waals surface area contributed by atoms with Crippen LogP contribution in [0.2, 0.25) is 0 Å². The second-order valence-corrected chi connectivity index (χ2v) is 5.76. The topological polar surface area (TPSA) is 74.5 Å². The molecule has 0 radical (unpaired) electrons. The van der Waals surface area contributed by atoms with Gasteiger partial charge in [0.05, 0.1) is 5.69 Å². The van der Waals surface area contributed by atoms with E-state index in [0.29, 0.717) is 4.88 Å². The number of carbonyl (C=O) groups is 1. The second-order valence-electron chi connectivity index (χ2n) is 4.79. The third-order valence-electron chi connectivity index (χ3n) is 3.28. The largest absolute Gasteiger partial charge is 0.346 e. The van der Waals surface area contributed by atoms with Crippen LogP contribution in [0.1, 0.15) is 28.7 Å². The summed E-state index contributed by atoms with van der Waals surface area (Å²) in [5, 5.41) is 0.940. The maximum absolute atomic E-state index is 11.8. The highest BCUT2D eigenvalue weighted by atomic mass is 32.1. The number of hydrogen-bond donors (Lipinski definition) is 2. The van der Waals surface area contributed by atoms with Crippen molar-refractivity contribution in [2.45, 2.75) is 19.8 Å². The minimum atomic E-state index is -0.235. The van der Waals surface area contributed by atoms with Crippen molar-refractivity contribution in [3.63, 3.8) is 0 Å². The van der Waals surface area contributed by atoms with Crippen LogP contribution >= 0.6 is 11.3 Å². The number of anilines is 1. The summed E-state index contributed by atoms with van der Waals surface area (Å²) in [7, 11) is 2.12. The van der Waals surface area contributed by atoms with Crippen LogP contribution in [0.3, 0.4) is 0 Å². The van der Waals surface area contributed by atoms with Crippen LogP contribution in [-0.4, -0.2) is 49.0 Å². The molecule has 1 saturated heterocycles. The Labute approximate surface area is 117 Å². The smallest absolute Gasteiger partial charge is 0.277 e. The molecule has 1 aliphatic heterocycles. The van der Waals surface area contributed by atoms with Gasteiger partial charge < -0.3 is 9.80 Å². The molecule has 2 heterocycles. The van der Waals surface area contributed by atoms with Crippen LogP contribution in [0.15, 0.2) is 0 Å². The number of nitrogens with one attached hydrogen (secondary N) is 1. The molecule has 0 saturated carbocycles. The summed E-state index contributed by atoms with van der Waals surface area (Å²) in [5.74, 6) is 5.00.